The Hall–Kier alpha value is -1.49. The van der Waals surface area contributed by atoms with E-state index >= 15 is 0 Å². The second-order valence-electron chi connectivity index (χ2n) is 6.73. The summed E-state index contributed by atoms with van der Waals surface area (Å²) in [5.74, 6) is 1.44. The number of nitrogens with one attached hydrogen (secondary N) is 1. The second-order valence-corrected chi connectivity index (χ2v) is 8.15. The zero-order valence-corrected chi connectivity index (χ0v) is 16.4. The average molecular weight is 389 g/mol. The van der Waals surface area contributed by atoms with Crippen molar-refractivity contribution in [3.63, 3.8) is 0 Å². The Morgan fingerprint density at radius 2 is 1.81 bits per heavy atom. The van der Waals surface area contributed by atoms with Crippen LogP contribution in [0.25, 0.3) is 0 Å². The van der Waals surface area contributed by atoms with Crippen LogP contribution >= 0.6 is 23.4 Å². The highest BCUT2D eigenvalue weighted by Gasteiger charge is 2.20. The highest BCUT2D eigenvalue weighted by Crippen LogP contribution is 2.17. The van der Waals surface area contributed by atoms with E-state index in [1.165, 1.54) is 5.56 Å². The first-order chi connectivity index (χ1) is 12.7. The lowest BCUT2D eigenvalue weighted by Gasteiger charge is -2.32. The maximum atomic E-state index is 12.2. The SMILES string of the molecule is O=C(CSCc1cccc(Cl)c1)NC1CCN(Cc2ccccc2)CC1. The van der Waals surface area contributed by atoms with Crippen LogP contribution in [0.5, 0.6) is 0 Å². The normalized spacial score (nSPS) is 15.7. The zero-order valence-electron chi connectivity index (χ0n) is 14.9. The molecule has 0 spiro atoms. The zero-order chi connectivity index (χ0) is 18.2. The average Bonchev–Trinajstić information content (AvgIpc) is 2.64. The molecule has 2 aromatic rings. The van der Waals surface area contributed by atoms with Crippen LogP contribution in [-0.2, 0) is 17.1 Å². The Morgan fingerprint density at radius 1 is 1.08 bits per heavy atom. The summed E-state index contributed by atoms with van der Waals surface area (Å²) in [6.45, 7) is 3.07. The lowest BCUT2D eigenvalue weighted by molar-refractivity contribution is -0.119. The number of amides is 1. The van der Waals surface area contributed by atoms with E-state index in [-0.39, 0.29) is 5.91 Å². The van der Waals surface area contributed by atoms with Crippen molar-refractivity contribution in [1.29, 1.82) is 0 Å². The van der Waals surface area contributed by atoms with Crippen molar-refractivity contribution in [2.24, 2.45) is 0 Å². The van der Waals surface area contributed by atoms with E-state index in [4.69, 9.17) is 11.6 Å². The number of carbonyl (C=O) groups is 1. The number of piperidine rings is 1. The van der Waals surface area contributed by atoms with Crippen molar-refractivity contribution in [1.82, 2.24) is 10.2 Å². The molecule has 1 N–H and O–H groups in total. The Kier molecular flexibility index (Phi) is 7.42. The molecule has 2 aromatic carbocycles. The van der Waals surface area contributed by atoms with Crippen LogP contribution in [0.4, 0.5) is 0 Å². The number of hydrogen-bond acceptors (Lipinski definition) is 3. The van der Waals surface area contributed by atoms with Crippen LogP contribution in [0.2, 0.25) is 5.02 Å². The third-order valence-corrected chi connectivity index (χ3v) is 5.83. The van der Waals surface area contributed by atoms with Gasteiger partial charge in [0, 0.05) is 36.5 Å². The van der Waals surface area contributed by atoms with Crippen molar-refractivity contribution in [3.05, 3.63) is 70.7 Å². The van der Waals surface area contributed by atoms with Gasteiger partial charge < -0.3 is 5.32 Å². The Labute approximate surface area is 165 Å². The predicted octanol–water partition coefficient (Wildman–Crippen LogP) is 4.35. The van der Waals surface area contributed by atoms with Crippen LogP contribution < -0.4 is 5.32 Å². The molecule has 1 heterocycles. The van der Waals surface area contributed by atoms with Crippen LogP contribution in [-0.4, -0.2) is 35.7 Å². The number of hydrogen-bond donors (Lipinski definition) is 1. The molecule has 0 bridgehead atoms. The van der Waals surface area contributed by atoms with Gasteiger partial charge in [0.2, 0.25) is 5.91 Å². The fraction of sp³-hybridized carbons (Fsp3) is 0.381. The van der Waals surface area contributed by atoms with E-state index in [1.807, 2.05) is 24.3 Å². The number of carbonyl (C=O) groups excluding carboxylic acids is 1. The van der Waals surface area contributed by atoms with E-state index in [9.17, 15) is 4.79 Å². The fourth-order valence-corrected chi connectivity index (χ4v) is 4.23. The summed E-state index contributed by atoms with van der Waals surface area (Å²) in [5.41, 5.74) is 2.51. The lowest BCUT2D eigenvalue weighted by Crippen LogP contribution is -2.44. The molecule has 1 aliphatic heterocycles. The maximum absolute atomic E-state index is 12.2. The molecule has 1 aliphatic rings. The molecule has 0 aromatic heterocycles. The van der Waals surface area contributed by atoms with Gasteiger partial charge in [-0.1, -0.05) is 54.1 Å². The summed E-state index contributed by atoms with van der Waals surface area (Å²) in [6, 6.07) is 18.7. The third kappa shape index (κ3) is 6.35. The highest BCUT2D eigenvalue weighted by molar-refractivity contribution is 7.99. The molecule has 0 aliphatic carbocycles. The molecule has 0 atom stereocenters. The molecule has 3 nitrogen and oxygen atoms in total. The first-order valence-corrected chi connectivity index (χ1v) is 10.6. The summed E-state index contributed by atoms with van der Waals surface area (Å²) >= 11 is 7.62. The molecule has 1 saturated heterocycles. The molecule has 5 heteroatoms. The van der Waals surface area contributed by atoms with Gasteiger partial charge in [0.1, 0.15) is 0 Å². The van der Waals surface area contributed by atoms with Gasteiger partial charge >= 0.3 is 0 Å². The van der Waals surface area contributed by atoms with E-state index in [0.717, 1.165) is 48.8 Å². The Morgan fingerprint density at radius 3 is 2.54 bits per heavy atom. The topological polar surface area (TPSA) is 32.3 Å². The standard InChI is InChI=1S/C21H25ClN2OS/c22-19-8-4-7-18(13-19)15-26-16-21(25)23-20-9-11-24(12-10-20)14-17-5-2-1-3-6-17/h1-8,13,20H,9-12,14-16H2,(H,23,25). The summed E-state index contributed by atoms with van der Waals surface area (Å²) < 4.78 is 0. The molecular weight excluding hydrogens is 364 g/mol. The Balaban J connectivity index is 1.33. The minimum atomic E-state index is 0.138. The number of thioether (sulfide) groups is 1. The smallest absolute Gasteiger partial charge is 0.230 e. The quantitative estimate of drug-likeness (QED) is 0.765. The van der Waals surface area contributed by atoms with Gasteiger partial charge in [-0.3, -0.25) is 9.69 Å². The molecular formula is C21H25ClN2OS. The molecule has 0 unspecified atom stereocenters. The van der Waals surface area contributed by atoms with Gasteiger partial charge in [0.05, 0.1) is 5.75 Å². The summed E-state index contributed by atoms with van der Waals surface area (Å²) in [4.78, 5) is 14.6. The number of halogens is 1. The fourth-order valence-electron chi connectivity index (χ4n) is 3.23. The minimum absolute atomic E-state index is 0.138. The van der Waals surface area contributed by atoms with Gasteiger partial charge in [-0.05, 0) is 36.1 Å². The monoisotopic (exact) mass is 388 g/mol. The minimum Gasteiger partial charge on any atom is -0.353 e. The second kappa shape index (κ2) is 10.0. The van der Waals surface area contributed by atoms with E-state index in [0.29, 0.717) is 11.8 Å². The summed E-state index contributed by atoms with van der Waals surface area (Å²) in [5, 5.41) is 3.93. The van der Waals surface area contributed by atoms with Crippen molar-refractivity contribution < 1.29 is 4.79 Å². The van der Waals surface area contributed by atoms with Crippen molar-refractivity contribution in [2.75, 3.05) is 18.8 Å². The highest BCUT2D eigenvalue weighted by atomic mass is 35.5. The van der Waals surface area contributed by atoms with E-state index < -0.39 is 0 Å². The first-order valence-electron chi connectivity index (χ1n) is 9.07. The molecule has 26 heavy (non-hydrogen) atoms. The van der Waals surface area contributed by atoms with Gasteiger partial charge in [-0.25, -0.2) is 0 Å². The molecule has 1 amide bonds. The molecule has 138 valence electrons. The largest absolute Gasteiger partial charge is 0.353 e. The van der Waals surface area contributed by atoms with Gasteiger partial charge in [0.25, 0.3) is 0 Å². The van der Waals surface area contributed by atoms with Crippen LogP contribution in [0, 0.1) is 0 Å². The number of rotatable bonds is 7. The van der Waals surface area contributed by atoms with E-state index in [2.05, 4.69) is 40.5 Å². The maximum Gasteiger partial charge on any atom is 0.230 e. The van der Waals surface area contributed by atoms with E-state index in [1.54, 1.807) is 11.8 Å². The lowest BCUT2D eigenvalue weighted by atomic mass is 10.0. The summed E-state index contributed by atoms with van der Waals surface area (Å²) in [6.07, 6.45) is 2.05. The van der Waals surface area contributed by atoms with Crippen molar-refractivity contribution in [2.45, 2.75) is 31.2 Å². The number of likely N-dealkylation sites (tertiary alicyclic amines) is 1. The van der Waals surface area contributed by atoms with Crippen molar-refractivity contribution in [3.8, 4) is 0 Å². The number of benzene rings is 2. The summed E-state index contributed by atoms with van der Waals surface area (Å²) in [7, 11) is 0. The number of nitrogens with zero attached hydrogens (tertiary/aromatic N) is 1. The molecule has 3 rings (SSSR count). The van der Waals surface area contributed by atoms with Gasteiger partial charge in [0.15, 0.2) is 0 Å². The predicted molar refractivity (Wildman–Crippen MR) is 110 cm³/mol. The van der Waals surface area contributed by atoms with Crippen molar-refractivity contribution >= 4 is 29.3 Å². The third-order valence-electron chi connectivity index (χ3n) is 4.59. The molecule has 0 radical (unpaired) electrons. The van der Waals surface area contributed by atoms with Crippen LogP contribution in [0.15, 0.2) is 54.6 Å². The molecule has 0 saturated carbocycles. The van der Waals surface area contributed by atoms with Crippen LogP contribution in [0.3, 0.4) is 0 Å². The van der Waals surface area contributed by atoms with Gasteiger partial charge in [-0.15, -0.1) is 11.8 Å². The Bertz CT molecular complexity index is 702. The first kappa shape index (κ1) is 19.3. The van der Waals surface area contributed by atoms with Crippen LogP contribution in [0.1, 0.15) is 24.0 Å². The van der Waals surface area contributed by atoms with Gasteiger partial charge in [-0.2, -0.15) is 0 Å². The molecule has 1 fully saturated rings.